The molecule has 1 rings (SSSR count). The molecule has 1 fully saturated rings. The van der Waals surface area contributed by atoms with Crippen LogP contribution < -0.4 is 16.4 Å². The zero-order valence-electron chi connectivity index (χ0n) is 8.42. The van der Waals surface area contributed by atoms with Crippen molar-refractivity contribution in [1.29, 1.82) is 0 Å². The summed E-state index contributed by atoms with van der Waals surface area (Å²) < 4.78 is 5.19. The van der Waals surface area contributed by atoms with Gasteiger partial charge in [0.05, 0.1) is 0 Å². The van der Waals surface area contributed by atoms with E-state index in [1.165, 1.54) is 0 Å². The monoisotopic (exact) mass is 201 g/mol. The number of nitrogens with one attached hydrogen (secondary N) is 2. The first kappa shape index (κ1) is 11.3. The standard InChI is InChI=1S/C9H19N3O2/c10-4-1-5-11-9(13)12-8-2-6-14-7-3-8/h8H,1-7,10H2,(H2,11,12,13). The van der Waals surface area contributed by atoms with Gasteiger partial charge in [0, 0.05) is 25.8 Å². The molecular formula is C9H19N3O2. The van der Waals surface area contributed by atoms with Gasteiger partial charge in [0.1, 0.15) is 0 Å². The maximum atomic E-state index is 11.3. The third-order valence-electron chi connectivity index (χ3n) is 2.22. The molecule has 0 unspecified atom stereocenters. The van der Waals surface area contributed by atoms with Crippen LogP contribution in [0.15, 0.2) is 0 Å². The molecule has 2 amide bonds. The second kappa shape index (κ2) is 6.62. The Bertz CT molecular complexity index is 169. The molecular weight excluding hydrogens is 182 g/mol. The Hall–Kier alpha value is -0.810. The largest absolute Gasteiger partial charge is 0.381 e. The first-order valence-electron chi connectivity index (χ1n) is 5.15. The number of ether oxygens (including phenoxy) is 1. The lowest BCUT2D eigenvalue weighted by Gasteiger charge is -2.23. The van der Waals surface area contributed by atoms with Crippen LogP contribution in [0.25, 0.3) is 0 Å². The predicted octanol–water partition coefficient (Wildman–Crippen LogP) is -0.187. The van der Waals surface area contributed by atoms with E-state index in [1.54, 1.807) is 0 Å². The lowest BCUT2D eigenvalue weighted by Crippen LogP contribution is -2.44. The Balaban J connectivity index is 2.06. The van der Waals surface area contributed by atoms with Gasteiger partial charge in [-0.05, 0) is 25.8 Å². The van der Waals surface area contributed by atoms with Crippen molar-refractivity contribution in [1.82, 2.24) is 10.6 Å². The fraction of sp³-hybridized carbons (Fsp3) is 0.889. The molecule has 1 saturated heterocycles. The van der Waals surface area contributed by atoms with E-state index in [0.717, 1.165) is 32.5 Å². The predicted molar refractivity (Wildman–Crippen MR) is 54.0 cm³/mol. The number of hydrogen-bond acceptors (Lipinski definition) is 3. The first-order chi connectivity index (χ1) is 6.83. The molecule has 1 heterocycles. The van der Waals surface area contributed by atoms with Gasteiger partial charge in [0.2, 0.25) is 0 Å². The molecule has 14 heavy (non-hydrogen) atoms. The Morgan fingerprint density at radius 1 is 1.43 bits per heavy atom. The summed E-state index contributed by atoms with van der Waals surface area (Å²) in [5.74, 6) is 0. The van der Waals surface area contributed by atoms with Crippen molar-refractivity contribution in [3.8, 4) is 0 Å². The summed E-state index contributed by atoms with van der Waals surface area (Å²) in [4.78, 5) is 11.3. The van der Waals surface area contributed by atoms with Gasteiger partial charge in [-0.1, -0.05) is 0 Å². The van der Waals surface area contributed by atoms with Crippen LogP contribution in [0.3, 0.4) is 0 Å². The fourth-order valence-electron chi connectivity index (χ4n) is 1.38. The van der Waals surface area contributed by atoms with Crippen LogP contribution in [0.2, 0.25) is 0 Å². The molecule has 0 spiro atoms. The van der Waals surface area contributed by atoms with Gasteiger partial charge in [-0.15, -0.1) is 0 Å². The molecule has 0 aliphatic carbocycles. The Kier molecular flexibility index (Phi) is 5.32. The average Bonchev–Trinajstić information content (AvgIpc) is 2.20. The molecule has 5 heteroatoms. The lowest BCUT2D eigenvalue weighted by molar-refractivity contribution is 0.0801. The van der Waals surface area contributed by atoms with Gasteiger partial charge >= 0.3 is 6.03 Å². The van der Waals surface area contributed by atoms with E-state index < -0.39 is 0 Å². The van der Waals surface area contributed by atoms with Gasteiger partial charge in [-0.2, -0.15) is 0 Å². The smallest absolute Gasteiger partial charge is 0.315 e. The topological polar surface area (TPSA) is 76.4 Å². The number of rotatable bonds is 4. The summed E-state index contributed by atoms with van der Waals surface area (Å²) >= 11 is 0. The Morgan fingerprint density at radius 2 is 2.14 bits per heavy atom. The summed E-state index contributed by atoms with van der Waals surface area (Å²) in [5, 5.41) is 5.67. The highest BCUT2D eigenvalue weighted by molar-refractivity contribution is 5.74. The maximum Gasteiger partial charge on any atom is 0.315 e. The molecule has 5 nitrogen and oxygen atoms in total. The van der Waals surface area contributed by atoms with Gasteiger partial charge in [-0.25, -0.2) is 4.79 Å². The van der Waals surface area contributed by atoms with Gasteiger partial charge in [-0.3, -0.25) is 0 Å². The molecule has 1 aliphatic rings. The third kappa shape index (κ3) is 4.43. The van der Waals surface area contributed by atoms with E-state index in [2.05, 4.69) is 10.6 Å². The number of amides is 2. The second-order valence-corrected chi connectivity index (χ2v) is 3.43. The summed E-state index contributed by atoms with van der Waals surface area (Å²) in [7, 11) is 0. The molecule has 0 aromatic rings. The van der Waals surface area contributed by atoms with Crippen LogP contribution in [0.1, 0.15) is 19.3 Å². The summed E-state index contributed by atoms with van der Waals surface area (Å²) in [6, 6.07) is 0.173. The van der Waals surface area contributed by atoms with E-state index in [4.69, 9.17) is 10.5 Å². The summed E-state index contributed by atoms with van der Waals surface area (Å²) in [5.41, 5.74) is 5.31. The van der Waals surface area contributed by atoms with Crippen molar-refractivity contribution in [2.24, 2.45) is 5.73 Å². The van der Waals surface area contributed by atoms with Crippen LogP contribution in [0.4, 0.5) is 4.79 Å². The van der Waals surface area contributed by atoms with Gasteiger partial charge in [0.25, 0.3) is 0 Å². The summed E-state index contributed by atoms with van der Waals surface area (Å²) in [6.45, 7) is 2.74. The molecule has 0 atom stereocenters. The van der Waals surface area contributed by atoms with Crippen molar-refractivity contribution in [2.75, 3.05) is 26.3 Å². The number of nitrogens with two attached hydrogens (primary N) is 1. The number of carbonyl (C=O) groups is 1. The van der Waals surface area contributed by atoms with Crippen LogP contribution in [-0.2, 0) is 4.74 Å². The third-order valence-corrected chi connectivity index (χ3v) is 2.22. The molecule has 0 aromatic heterocycles. The quantitative estimate of drug-likeness (QED) is 0.552. The molecule has 1 aliphatic heterocycles. The van der Waals surface area contributed by atoms with Crippen LogP contribution in [-0.4, -0.2) is 38.4 Å². The molecule has 0 bridgehead atoms. The summed E-state index contributed by atoms with van der Waals surface area (Å²) in [6.07, 6.45) is 2.63. The highest BCUT2D eigenvalue weighted by Gasteiger charge is 2.15. The van der Waals surface area contributed by atoms with Crippen molar-refractivity contribution < 1.29 is 9.53 Å². The van der Waals surface area contributed by atoms with E-state index in [-0.39, 0.29) is 12.1 Å². The number of hydrogen-bond donors (Lipinski definition) is 3. The second-order valence-electron chi connectivity index (χ2n) is 3.43. The number of urea groups is 1. The Morgan fingerprint density at radius 3 is 2.79 bits per heavy atom. The van der Waals surface area contributed by atoms with E-state index in [9.17, 15) is 4.79 Å². The minimum Gasteiger partial charge on any atom is -0.381 e. The number of carbonyl (C=O) groups excluding carboxylic acids is 1. The van der Waals surface area contributed by atoms with E-state index in [0.29, 0.717) is 13.1 Å². The molecule has 0 saturated carbocycles. The first-order valence-corrected chi connectivity index (χ1v) is 5.15. The van der Waals surface area contributed by atoms with E-state index >= 15 is 0 Å². The van der Waals surface area contributed by atoms with Crippen molar-refractivity contribution in [2.45, 2.75) is 25.3 Å². The van der Waals surface area contributed by atoms with Crippen LogP contribution in [0.5, 0.6) is 0 Å². The van der Waals surface area contributed by atoms with Crippen molar-refractivity contribution in [3.05, 3.63) is 0 Å². The molecule has 0 aromatic carbocycles. The molecule has 4 N–H and O–H groups in total. The van der Waals surface area contributed by atoms with Crippen molar-refractivity contribution >= 4 is 6.03 Å². The minimum absolute atomic E-state index is 0.0923. The van der Waals surface area contributed by atoms with Gasteiger partial charge in [0.15, 0.2) is 0 Å². The average molecular weight is 201 g/mol. The van der Waals surface area contributed by atoms with Crippen LogP contribution in [0, 0.1) is 0 Å². The molecule has 82 valence electrons. The van der Waals surface area contributed by atoms with Crippen LogP contribution >= 0.6 is 0 Å². The minimum atomic E-state index is -0.0923. The molecule has 0 radical (unpaired) electrons. The zero-order chi connectivity index (χ0) is 10.2. The fourth-order valence-corrected chi connectivity index (χ4v) is 1.38. The highest BCUT2D eigenvalue weighted by Crippen LogP contribution is 2.05. The maximum absolute atomic E-state index is 11.3. The van der Waals surface area contributed by atoms with Gasteiger partial charge < -0.3 is 21.1 Å². The Labute approximate surface area is 84.4 Å². The lowest BCUT2D eigenvalue weighted by atomic mass is 10.1. The normalized spacial score (nSPS) is 17.8. The van der Waals surface area contributed by atoms with Crippen molar-refractivity contribution in [3.63, 3.8) is 0 Å². The SMILES string of the molecule is NCCCNC(=O)NC1CCOCC1. The zero-order valence-corrected chi connectivity index (χ0v) is 8.42. The highest BCUT2D eigenvalue weighted by atomic mass is 16.5. The van der Waals surface area contributed by atoms with E-state index in [1.807, 2.05) is 0 Å².